The van der Waals surface area contributed by atoms with Crippen LogP contribution in [0.15, 0.2) is 73.2 Å². The Kier molecular flexibility index (Phi) is 9.46. The number of carbonyl (C=O) groups is 4. The van der Waals surface area contributed by atoms with Gasteiger partial charge in [-0.1, -0.05) is 60.7 Å². The number of hydroxylamine groups is 2. The minimum Gasteiger partial charge on any atom is -0.338 e. The van der Waals surface area contributed by atoms with E-state index < -0.39 is 34.5 Å². The first-order valence-corrected chi connectivity index (χ1v) is 14.3. The Morgan fingerprint density at radius 2 is 1.70 bits per heavy atom. The Labute approximate surface area is 252 Å². The molecule has 11 nitrogen and oxygen atoms in total. The van der Waals surface area contributed by atoms with Crippen LogP contribution in [0, 0.1) is 0 Å². The zero-order chi connectivity index (χ0) is 31.3. The number of nitrogens with zero attached hydrogens (tertiary/aromatic N) is 3. The second-order valence-corrected chi connectivity index (χ2v) is 12.1. The first-order chi connectivity index (χ1) is 20.4. The van der Waals surface area contributed by atoms with E-state index in [9.17, 15) is 19.2 Å². The summed E-state index contributed by atoms with van der Waals surface area (Å²) in [6.07, 6.45) is 6.25. The molecule has 2 aromatic carbocycles. The average molecular weight is 589 g/mol. The quantitative estimate of drug-likeness (QED) is 0.218. The molecule has 43 heavy (non-hydrogen) atoms. The second-order valence-electron chi connectivity index (χ2n) is 12.1. The van der Waals surface area contributed by atoms with Crippen LogP contribution in [0.2, 0.25) is 0 Å². The monoisotopic (exact) mass is 588 g/mol. The van der Waals surface area contributed by atoms with Crippen molar-refractivity contribution in [3.8, 4) is 0 Å². The Morgan fingerprint density at radius 1 is 1.05 bits per heavy atom. The SMILES string of the molecule is CC(C)(C)ON(C=O)C(C)(C)C(=O)NC(C(=O)Nc1cn([C@](C=O)(c2ccccc2)C2CCCN2)cn1)c1ccccc1. The van der Waals surface area contributed by atoms with Gasteiger partial charge in [-0.3, -0.25) is 19.2 Å². The fourth-order valence-electron chi connectivity index (χ4n) is 5.21. The van der Waals surface area contributed by atoms with Crippen LogP contribution in [-0.2, 0) is 29.6 Å². The summed E-state index contributed by atoms with van der Waals surface area (Å²) in [5.41, 5.74) is -1.93. The van der Waals surface area contributed by atoms with Gasteiger partial charge in [0.05, 0.1) is 11.9 Å². The van der Waals surface area contributed by atoms with Gasteiger partial charge in [-0.25, -0.2) is 10.0 Å². The highest BCUT2D eigenvalue weighted by atomic mass is 16.7. The van der Waals surface area contributed by atoms with Gasteiger partial charge in [-0.05, 0) is 65.1 Å². The van der Waals surface area contributed by atoms with Crippen LogP contribution in [0.4, 0.5) is 5.82 Å². The summed E-state index contributed by atoms with van der Waals surface area (Å²) >= 11 is 0. The Bertz CT molecular complexity index is 1410. The summed E-state index contributed by atoms with van der Waals surface area (Å²) in [4.78, 5) is 62.1. The third-order valence-corrected chi connectivity index (χ3v) is 7.51. The largest absolute Gasteiger partial charge is 0.338 e. The van der Waals surface area contributed by atoms with Crippen molar-refractivity contribution in [2.45, 2.75) is 76.2 Å². The number of nitrogens with one attached hydrogen (secondary N) is 3. The minimum absolute atomic E-state index is 0.167. The van der Waals surface area contributed by atoms with Gasteiger partial charge in [0.1, 0.15) is 17.1 Å². The molecule has 0 aliphatic carbocycles. The molecule has 0 saturated carbocycles. The molecule has 2 heterocycles. The fourth-order valence-corrected chi connectivity index (χ4v) is 5.21. The summed E-state index contributed by atoms with van der Waals surface area (Å²) in [6.45, 7) is 9.14. The van der Waals surface area contributed by atoms with Crippen LogP contribution in [0.3, 0.4) is 0 Å². The normalized spacial score (nSPS) is 17.4. The molecule has 1 fully saturated rings. The topological polar surface area (TPSA) is 135 Å². The molecule has 11 heteroatoms. The standard InChI is InChI=1S/C32H40N6O5/c1-30(2,3)43-38(22-40)31(4,5)29(42)36-27(23-13-8-6-9-14-23)28(41)35-26-19-37(21-34-26)32(20-39,25-17-12-18-33-25)24-15-10-7-11-16-24/h6-11,13-16,19-22,25,27,33H,12,17-18H2,1-5H3,(H,35,41)(H,36,42)/t25?,27?,32-/m1/s1. The molecule has 1 aliphatic heterocycles. The van der Waals surface area contributed by atoms with Gasteiger partial charge >= 0.3 is 0 Å². The molecule has 0 bridgehead atoms. The van der Waals surface area contributed by atoms with Gasteiger partial charge < -0.3 is 25.3 Å². The van der Waals surface area contributed by atoms with Crippen LogP contribution < -0.4 is 16.0 Å². The predicted molar refractivity (Wildman–Crippen MR) is 162 cm³/mol. The molecule has 4 rings (SSSR count). The molecule has 1 saturated heterocycles. The number of hydrogen-bond donors (Lipinski definition) is 3. The van der Waals surface area contributed by atoms with E-state index in [1.807, 2.05) is 30.3 Å². The van der Waals surface area contributed by atoms with Gasteiger partial charge in [0.2, 0.25) is 12.3 Å². The molecule has 3 amide bonds. The lowest BCUT2D eigenvalue weighted by Crippen LogP contribution is -2.57. The molecule has 3 N–H and O–H groups in total. The highest BCUT2D eigenvalue weighted by Crippen LogP contribution is 2.33. The van der Waals surface area contributed by atoms with E-state index in [1.165, 1.54) is 20.2 Å². The summed E-state index contributed by atoms with van der Waals surface area (Å²) in [5, 5.41) is 9.97. The lowest BCUT2D eigenvalue weighted by molar-refractivity contribution is -0.247. The lowest BCUT2D eigenvalue weighted by atomic mass is 9.82. The van der Waals surface area contributed by atoms with Gasteiger partial charge in [-0.15, -0.1) is 0 Å². The van der Waals surface area contributed by atoms with Gasteiger partial charge in [0.25, 0.3) is 5.91 Å². The first kappa shape index (κ1) is 31.6. The van der Waals surface area contributed by atoms with Crippen molar-refractivity contribution < 1.29 is 24.0 Å². The van der Waals surface area contributed by atoms with Crippen molar-refractivity contribution in [2.75, 3.05) is 11.9 Å². The van der Waals surface area contributed by atoms with Gasteiger partial charge in [0.15, 0.2) is 12.1 Å². The van der Waals surface area contributed by atoms with Crippen LogP contribution in [0.5, 0.6) is 0 Å². The third kappa shape index (κ3) is 6.84. The summed E-state index contributed by atoms with van der Waals surface area (Å²) in [7, 11) is 0. The number of anilines is 1. The number of hydrogen-bond acceptors (Lipinski definition) is 7. The highest BCUT2D eigenvalue weighted by molar-refractivity contribution is 5.98. The van der Waals surface area contributed by atoms with E-state index in [4.69, 9.17) is 4.84 Å². The predicted octanol–water partition coefficient (Wildman–Crippen LogP) is 3.34. The number of aromatic nitrogens is 2. The van der Waals surface area contributed by atoms with Crippen molar-refractivity contribution in [2.24, 2.45) is 0 Å². The molecular formula is C32H40N6O5. The summed E-state index contributed by atoms with van der Waals surface area (Å²) < 4.78 is 1.72. The maximum atomic E-state index is 13.7. The third-order valence-electron chi connectivity index (χ3n) is 7.51. The zero-order valence-corrected chi connectivity index (χ0v) is 25.2. The molecule has 2 unspecified atom stereocenters. The smallest absolute Gasteiger partial charge is 0.252 e. The van der Waals surface area contributed by atoms with E-state index >= 15 is 0 Å². The second kappa shape index (κ2) is 12.9. The lowest BCUT2D eigenvalue weighted by Gasteiger charge is -2.37. The van der Waals surface area contributed by atoms with Crippen LogP contribution in [0.25, 0.3) is 0 Å². The molecule has 0 radical (unpaired) electrons. The summed E-state index contributed by atoms with van der Waals surface area (Å²) in [5.74, 6) is -0.940. The van der Waals surface area contributed by atoms with E-state index in [-0.39, 0.29) is 11.9 Å². The van der Waals surface area contributed by atoms with Gasteiger partial charge in [0, 0.05) is 12.2 Å². The van der Waals surface area contributed by atoms with Crippen molar-refractivity contribution in [3.63, 3.8) is 0 Å². The molecule has 0 spiro atoms. The van der Waals surface area contributed by atoms with Crippen molar-refractivity contribution in [3.05, 3.63) is 84.3 Å². The molecule has 1 aliphatic rings. The maximum Gasteiger partial charge on any atom is 0.252 e. The summed E-state index contributed by atoms with van der Waals surface area (Å²) in [6, 6.07) is 16.9. The average Bonchev–Trinajstić information content (AvgIpc) is 3.69. The number of rotatable bonds is 12. The molecule has 1 aromatic heterocycles. The number of amides is 3. The zero-order valence-electron chi connectivity index (χ0n) is 25.2. The molecular weight excluding hydrogens is 548 g/mol. The minimum atomic E-state index is -1.45. The fraction of sp³-hybridized carbons (Fsp3) is 0.406. The van der Waals surface area contributed by atoms with Crippen LogP contribution in [-0.4, -0.2) is 62.9 Å². The Hall–Kier alpha value is -4.35. The van der Waals surface area contributed by atoms with Crippen LogP contribution >= 0.6 is 0 Å². The molecule has 228 valence electrons. The van der Waals surface area contributed by atoms with E-state index in [1.54, 1.807) is 61.9 Å². The van der Waals surface area contributed by atoms with Crippen molar-refractivity contribution >= 4 is 30.3 Å². The van der Waals surface area contributed by atoms with E-state index in [2.05, 4.69) is 20.9 Å². The van der Waals surface area contributed by atoms with Crippen molar-refractivity contribution in [1.82, 2.24) is 25.2 Å². The number of benzene rings is 2. The van der Waals surface area contributed by atoms with E-state index in [0.717, 1.165) is 36.3 Å². The Morgan fingerprint density at radius 3 is 2.26 bits per heavy atom. The highest BCUT2D eigenvalue weighted by Gasteiger charge is 2.44. The van der Waals surface area contributed by atoms with Gasteiger partial charge in [-0.2, -0.15) is 0 Å². The number of imidazole rings is 1. The molecule has 3 atom stereocenters. The first-order valence-electron chi connectivity index (χ1n) is 14.3. The maximum absolute atomic E-state index is 13.7. The van der Waals surface area contributed by atoms with Crippen molar-refractivity contribution in [1.29, 1.82) is 0 Å². The number of carbonyl (C=O) groups excluding carboxylic acids is 4. The Balaban J connectivity index is 1.62. The van der Waals surface area contributed by atoms with E-state index in [0.29, 0.717) is 12.0 Å². The molecule has 3 aromatic rings. The number of aldehydes is 1. The van der Waals surface area contributed by atoms with Crippen LogP contribution in [0.1, 0.15) is 64.6 Å².